The summed E-state index contributed by atoms with van der Waals surface area (Å²) >= 11 is 9.03. The molecule has 0 N–H and O–H groups in total. The Morgan fingerprint density at radius 2 is 1.92 bits per heavy atom. The zero-order chi connectivity index (χ0) is 17.3. The lowest BCUT2D eigenvalue weighted by Gasteiger charge is -2.07. The van der Waals surface area contributed by atoms with Gasteiger partial charge in [0, 0.05) is 10.5 Å². The van der Waals surface area contributed by atoms with E-state index in [0.29, 0.717) is 16.5 Å². The van der Waals surface area contributed by atoms with Crippen molar-refractivity contribution in [2.75, 3.05) is 0 Å². The maximum absolute atomic E-state index is 12.7. The van der Waals surface area contributed by atoms with Crippen LogP contribution in [-0.4, -0.2) is 11.3 Å². The maximum atomic E-state index is 12.7. The molecular weight excluding hydrogens is 396 g/mol. The van der Waals surface area contributed by atoms with Gasteiger partial charge in [-0.05, 0) is 36.8 Å². The van der Waals surface area contributed by atoms with Gasteiger partial charge in [-0.1, -0.05) is 28.1 Å². The van der Waals surface area contributed by atoms with Gasteiger partial charge in [0.15, 0.2) is 5.43 Å². The lowest BCUT2D eigenvalue weighted by Crippen LogP contribution is -2.17. The van der Waals surface area contributed by atoms with Crippen LogP contribution in [-0.2, 0) is 4.79 Å². The summed E-state index contributed by atoms with van der Waals surface area (Å²) in [6.07, 6.45) is 1.41. The Bertz CT molecular complexity index is 961. The molecule has 0 spiro atoms. The number of carbonyl (C=O) groups is 1. The van der Waals surface area contributed by atoms with Crippen molar-refractivity contribution in [3.8, 4) is 16.9 Å². The van der Waals surface area contributed by atoms with Gasteiger partial charge in [-0.2, -0.15) is 0 Å². The van der Waals surface area contributed by atoms with Gasteiger partial charge in [-0.25, -0.2) is 0 Å². The molecule has 2 aromatic carbocycles. The highest BCUT2D eigenvalue weighted by Crippen LogP contribution is 2.24. The number of hydrogen-bond donors (Lipinski definition) is 0. The Morgan fingerprint density at radius 1 is 1.21 bits per heavy atom. The quantitative estimate of drug-likeness (QED) is 0.357. The molecule has 122 valence electrons. The van der Waals surface area contributed by atoms with Gasteiger partial charge >= 0.3 is 5.97 Å². The number of fused-ring (bicyclic) bond motifs is 1. The van der Waals surface area contributed by atoms with Crippen molar-refractivity contribution in [3.63, 3.8) is 0 Å². The summed E-state index contributed by atoms with van der Waals surface area (Å²) in [5.41, 5.74) is 1.42. The number of alkyl halides is 1. The third-order valence-corrected chi connectivity index (χ3v) is 4.15. The second-order valence-corrected chi connectivity index (χ2v) is 6.75. The first kappa shape index (κ1) is 16.7. The number of hydrogen-bond acceptors (Lipinski definition) is 4. The summed E-state index contributed by atoms with van der Waals surface area (Å²) < 4.78 is 11.6. The minimum absolute atomic E-state index is 0.151. The molecule has 0 bridgehead atoms. The van der Waals surface area contributed by atoms with Crippen LogP contribution < -0.4 is 10.2 Å². The highest BCUT2D eigenvalue weighted by Gasteiger charge is 2.14. The summed E-state index contributed by atoms with van der Waals surface area (Å²) in [5, 5.41) is -0.346. The van der Waals surface area contributed by atoms with Crippen LogP contribution >= 0.6 is 27.5 Å². The molecule has 0 aliphatic carbocycles. The molecule has 0 saturated carbocycles. The highest BCUT2D eigenvalue weighted by atomic mass is 79.9. The molecule has 4 nitrogen and oxygen atoms in total. The Labute approximate surface area is 151 Å². The molecular formula is C18H12BrClO4. The van der Waals surface area contributed by atoms with E-state index in [1.807, 2.05) is 24.3 Å². The molecule has 6 heteroatoms. The van der Waals surface area contributed by atoms with Crippen LogP contribution in [0.4, 0.5) is 0 Å². The monoisotopic (exact) mass is 406 g/mol. The average Bonchev–Trinajstić information content (AvgIpc) is 2.56. The second-order valence-electron chi connectivity index (χ2n) is 5.18. The second kappa shape index (κ2) is 6.79. The number of halogens is 2. The van der Waals surface area contributed by atoms with Crippen molar-refractivity contribution in [1.29, 1.82) is 0 Å². The molecule has 1 atom stereocenters. The topological polar surface area (TPSA) is 56.5 Å². The zero-order valence-corrected chi connectivity index (χ0v) is 14.9. The predicted octanol–water partition coefficient (Wildman–Crippen LogP) is 4.76. The molecule has 3 aromatic rings. The van der Waals surface area contributed by atoms with Gasteiger partial charge in [-0.15, -0.1) is 11.6 Å². The normalized spacial score (nSPS) is 12.1. The third-order valence-electron chi connectivity index (χ3n) is 3.44. The van der Waals surface area contributed by atoms with Crippen molar-refractivity contribution >= 4 is 44.5 Å². The molecule has 0 fully saturated rings. The first-order valence-electron chi connectivity index (χ1n) is 7.13. The SMILES string of the molecule is CC(Cl)C(=O)Oc1ccc2c(=O)c(-c3ccc(Br)cc3)coc2c1. The van der Waals surface area contributed by atoms with Crippen molar-refractivity contribution in [3.05, 3.63) is 63.4 Å². The smallest absolute Gasteiger partial charge is 0.329 e. The highest BCUT2D eigenvalue weighted by molar-refractivity contribution is 9.10. The standard InChI is InChI=1S/C18H12BrClO4/c1-10(20)18(22)24-13-6-7-14-16(8-13)23-9-15(17(14)21)11-2-4-12(19)5-3-11/h2-10H,1H3. The van der Waals surface area contributed by atoms with E-state index < -0.39 is 11.3 Å². The molecule has 24 heavy (non-hydrogen) atoms. The third kappa shape index (κ3) is 3.37. The maximum Gasteiger partial charge on any atom is 0.329 e. The van der Waals surface area contributed by atoms with E-state index in [0.717, 1.165) is 10.0 Å². The van der Waals surface area contributed by atoms with Crippen molar-refractivity contribution < 1.29 is 13.9 Å². The number of rotatable bonds is 3. The Balaban J connectivity index is 2.02. The molecule has 1 aromatic heterocycles. The Hall–Kier alpha value is -2.11. The largest absolute Gasteiger partial charge is 0.463 e. The van der Waals surface area contributed by atoms with Gasteiger partial charge < -0.3 is 9.15 Å². The van der Waals surface area contributed by atoms with E-state index in [-0.39, 0.29) is 11.2 Å². The van der Waals surface area contributed by atoms with E-state index >= 15 is 0 Å². The molecule has 0 saturated heterocycles. The van der Waals surface area contributed by atoms with Gasteiger partial charge in [0.1, 0.15) is 23.0 Å². The predicted molar refractivity (Wildman–Crippen MR) is 96.6 cm³/mol. The fraction of sp³-hybridized carbons (Fsp3) is 0.111. The number of esters is 1. The lowest BCUT2D eigenvalue weighted by atomic mass is 10.1. The fourth-order valence-electron chi connectivity index (χ4n) is 2.20. The summed E-state index contributed by atoms with van der Waals surface area (Å²) in [6, 6.07) is 12.0. The summed E-state index contributed by atoms with van der Waals surface area (Å²) in [7, 11) is 0. The van der Waals surface area contributed by atoms with Crippen molar-refractivity contribution in [2.45, 2.75) is 12.3 Å². The number of ether oxygens (including phenoxy) is 1. The van der Waals surface area contributed by atoms with E-state index in [2.05, 4.69) is 15.9 Å². The molecule has 0 aliphatic rings. The van der Waals surface area contributed by atoms with Crippen LogP contribution in [0, 0.1) is 0 Å². The molecule has 1 unspecified atom stereocenters. The minimum Gasteiger partial charge on any atom is -0.463 e. The first-order chi connectivity index (χ1) is 11.5. The van der Waals surface area contributed by atoms with Crippen LogP contribution in [0.5, 0.6) is 5.75 Å². The van der Waals surface area contributed by atoms with E-state index in [4.69, 9.17) is 20.8 Å². The summed E-state index contributed by atoms with van der Waals surface area (Å²) in [4.78, 5) is 24.2. The van der Waals surface area contributed by atoms with Crippen LogP contribution in [0.1, 0.15) is 6.92 Å². The Kier molecular flexibility index (Phi) is 4.73. The fourth-order valence-corrected chi connectivity index (χ4v) is 2.51. The average molecular weight is 408 g/mol. The van der Waals surface area contributed by atoms with Crippen molar-refractivity contribution in [2.24, 2.45) is 0 Å². The van der Waals surface area contributed by atoms with Gasteiger partial charge in [0.25, 0.3) is 0 Å². The Morgan fingerprint density at radius 3 is 2.58 bits per heavy atom. The molecule has 0 radical (unpaired) electrons. The van der Waals surface area contributed by atoms with E-state index in [1.54, 1.807) is 12.1 Å². The van der Waals surface area contributed by atoms with Crippen molar-refractivity contribution in [1.82, 2.24) is 0 Å². The summed E-state index contributed by atoms with van der Waals surface area (Å²) in [5.74, 6) is -0.288. The van der Waals surface area contributed by atoms with Gasteiger partial charge in [0.2, 0.25) is 0 Å². The molecule has 3 rings (SSSR count). The summed E-state index contributed by atoms with van der Waals surface area (Å²) in [6.45, 7) is 1.52. The number of benzene rings is 2. The van der Waals surface area contributed by atoms with Crippen LogP contribution in [0.2, 0.25) is 0 Å². The number of carbonyl (C=O) groups excluding carboxylic acids is 1. The van der Waals surface area contributed by atoms with Gasteiger partial charge in [0.05, 0.1) is 10.9 Å². The zero-order valence-electron chi connectivity index (χ0n) is 12.6. The molecule has 1 heterocycles. The molecule has 0 amide bonds. The minimum atomic E-state index is -0.757. The lowest BCUT2D eigenvalue weighted by molar-refractivity contribution is -0.133. The van der Waals surface area contributed by atoms with E-state index in [1.165, 1.54) is 19.3 Å². The van der Waals surface area contributed by atoms with Crippen LogP contribution in [0.15, 0.2) is 62.4 Å². The van der Waals surface area contributed by atoms with Crippen LogP contribution in [0.3, 0.4) is 0 Å². The first-order valence-corrected chi connectivity index (χ1v) is 8.36. The van der Waals surface area contributed by atoms with Gasteiger partial charge in [-0.3, -0.25) is 9.59 Å². The molecule has 0 aliphatic heterocycles. The van der Waals surface area contributed by atoms with E-state index in [9.17, 15) is 9.59 Å². The van der Waals surface area contributed by atoms with Crippen LogP contribution in [0.25, 0.3) is 22.1 Å².